The number of ether oxygens (including phenoxy) is 2. The fraction of sp³-hybridized carbons (Fsp3) is 0.368. The summed E-state index contributed by atoms with van der Waals surface area (Å²) in [5.41, 5.74) is 12.1. The van der Waals surface area contributed by atoms with E-state index in [2.05, 4.69) is 20.1 Å². The maximum atomic E-state index is 12.4. The van der Waals surface area contributed by atoms with Crippen LogP contribution in [0.4, 0.5) is 27.8 Å². The molecule has 0 bridgehead atoms. The lowest BCUT2D eigenvalue weighted by Crippen LogP contribution is -2.42. The van der Waals surface area contributed by atoms with Gasteiger partial charge in [-0.05, 0) is 24.3 Å². The van der Waals surface area contributed by atoms with Crippen molar-refractivity contribution in [2.24, 2.45) is 10.2 Å². The monoisotopic (exact) mass is 399 g/mol. The van der Waals surface area contributed by atoms with Gasteiger partial charge in [0.05, 0.1) is 13.2 Å². The topological polar surface area (TPSA) is 132 Å². The molecule has 29 heavy (non-hydrogen) atoms. The number of nitrogen functional groups attached to an aromatic ring is 2. The molecule has 1 aromatic heterocycles. The standard InChI is InChI=1S/C19H25N7O3/c1-25(8-9-26-10-12-28-13-11-26)19(27)29-16-5-3-2-4-14(16)23-24-15-6-7-17(20)22-18(15)21/h2-7H,8-13H2,1H3,(H4,20,21,22)/b24-23+. The fourth-order valence-electron chi connectivity index (χ4n) is 2.68. The Balaban J connectivity index is 1.61. The summed E-state index contributed by atoms with van der Waals surface area (Å²) in [4.78, 5) is 20.2. The maximum absolute atomic E-state index is 12.4. The molecule has 0 spiro atoms. The number of carbonyl (C=O) groups excluding carboxylic acids is 1. The Bertz CT molecular complexity index is 869. The van der Waals surface area contributed by atoms with Crippen molar-refractivity contribution >= 4 is 29.1 Å². The fourth-order valence-corrected chi connectivity index (χ4v) is 2.68. The summed E-state index contributed by atoms with van der Waals surface area (Å²) in [6.07, 6.45) is -0.463. The van der Waals surface area contributed by atoms with Crippen molar-refractivity contribution in [2.75, 3.05) is 57.9 Å². The molecule has 0 radical (unpaired) electrons. The number of likely N-dealkylation sites (N-methyl/N-ethyl adjacent to an activating group) is 1. The van der Waals surface area contributed by atoms with Gasteiger partial charge in [0, 0.05) is 33.2 Å². The summed E-state index contributed by atoms with van der Waals surface area (Å²) in [6, 6.07) is 10.1. The minimum Gasteiger partial charge on any atom is -0.408 e. The van der Waals surface area contributed by atoms with Gasteiger partial charge in [0.1, 0.15) is 17.2 Å². The van der Waals surface area contributed by atoms with E-state index >= 15 is 0 Å². The highest BCUT2D eigenvalue weighted by atomic mass is 16.6. The van der Waals surface area contributed by atoms with Crippen LogP contribution in [0.25, 0.3) is 0 Å². The van der Waals surface area contributed by atoms with Gasteiger partial charge in [-0.25, -0.2) is 9.78 Å². The van der Waals surface area contributed by atoms with Crippen LogP contribution in [0, 0.1) is 0 Å². The van der Waals surface area contributed by atoms with Crippen LogP contribution in [0.1, 0.15) is 0 Å². The smallest absolute Gasteiger partial charge is 0.408 e. The molecule has 3 rings (SSSR count). The predicted molar refractivity (Wildman–Crippen MR) is 110 cm³/mol. The number of azo groups is 1. The van der Waals surface area contributed by atoms with E-state index in [1.165, 1.54) is 4.90 Å². The molecular weight excluding hydrogens is 374 g/mol. The summed E-state index contributed by atoms with van der Waals surface area (Å²) >= 11 is 0. The highest BCUT2D eigenvalue weighted by Crippen LogP contribution is 2.30. The number of pyridine rings is 1. The first-order valence-electron chi connectivity index (χ1n) is 9.29. The van der Waals surface area contributed by atoms with Crippen molar-refractivity contribution < 1.29 is 14.3 Å². The van der Waals surface area contributed by atoms with Crippen LogP contribution in [0.3, 0.4) is 0 Å². The Morgan fingerprint density at radius 3 is 2.66 bits per heavy atom. The van der Waals surface area contributed by atoms with Gasteiger partial charge in [-0.2, -0.15) is 0 Å². The summed E-state index contributed by atoms with van der Waals surface area (Å²) in [5.74, 6) is 0.781. The summed E-state index contributed by atoms with van der Waals surface area (Å²) in [7, 11) is 1.70. The second kappa shape index (κ2) is 9.80. The van der Waals surface area contributed by atoms with E-state index in [4.69, 9.17) is 20.9 Å². The van der Waals surface area contributed by atoms with Gasteiger partial charge in [0.2, 0.25) is 0 Å². The number of rotatable bonds is 6. The van der Waals surface area contributed by atoms with Crippen LogP contribution in [0.2, 0.25) is 0 Å². The van der Waals surface area contributed by atoms with Crippen molar-refractivity contribution in [2.45, 2.75) is 0 Å². The molecule has 0 atom stereocenters. The Morgan fingerprint density at radius 2 is 1.90 bits per heavy atom. The number of morpholine rings is 1. The Kier molecular flexibility index (Phi) is 6.93. The lowest BCUT2D eigenvalue weighted by Gasteiger charge is -2.28. The van der Waals surface area contributed by atoms with Crippen LogP contribution in [0.15, 0.2) is 46.6 Å². The zero-order valence-electron chi connectivity index (χ0n) is 16.3. The molecule has 10 heteroatoms. The van der Waals surface area contributed by atoms with Crippen LogP contribution < -0.4 is 16.2 Å². The average Bonchev–Trinajstić information content (AvgIpc) is 2.73. The van der Waals surface area contributed by atoms with Crippen LogP contribution in [-0.2, 0) is 4.74 Å². The minimum atomic E-state index is -0.463. The second-order valence-corrected chi connectivity index (χ2v) is 6.55. The molecule has 154 valence electrons. The Morgan fingerprint density at radius 1 is 1.17 bits per heavy atom. The number of amides is 1. The number of hydrogen-bond donors (Lipinski definition) is 2. The van der Waals surface area contributed by atoms with Gasteiger partial charge in [-0.15, -0.1) is 10.2 Å². The maximum Gasteiger partial charge on any atom is 0.415 e. The van der Waals surface area contributed by atoms with E-state index in [0.717, 1.165) is 32.8 Å². The van der Waals surface area contributed by atoms with Crippen molar-refractivity contribution in [1.29, 1.82) is 0 Å². The van der Waals surface area contributed by atoms with E-state index in [0.29, 0.717) is 29.5 Å². The molecule has 2 heterocycles. The van der Waals surface area contributed by atoms with E-state index in [1.54, 1.807) is 43.4 Å². The number of nitrogens with zero attached hydrogens (tertiary/aromatic N) is 5. The lowest BCUT2D eigenvalue weighted by atomic mass is 10.3. The van der Waals surface area contributed by atoms with Crippen molar-refractivity contribution in [1.82, 2.24) is 14.8 Å². The Hall–Kier alpha value is -3.24. The van der Waals surface area contributed by atoms with Crippen molar-refractivity contribution in [3.8, 4) is 5.75 Å². The molecule has 10 nitrogen and oxygen atoms in total. The average molecular weight is 399 g/mol. The molecule has 1 aliphatic heterocycles. The first-order valence-corrected chi connectivity index (χ1v) is 9.29. The molecule has 1 aromatic carbocycles. The predicted octanol–water partition coefficient (Wildman–Crippen LogP) is 2.42. The number of benzene rings is 1. The molecule has 2 aromatic rings. The zero-order valence-corrected chi connectivity index (χ0v) is 16.3. The molecule has 1 saturated heterocycles. The third-order valence-electron chi connectivity index (χ3n) is 4.42. The molecule has 1 aliphatic rings. The number of anilines is 2. The first-order chi connectivity index (χ1) is 14.0. The van der Waals surface area contributed by atoms with Crippen LogP contribution >= 0.6 is 0 Å². The van der Waals surface area contributed by atoms with E-state index in [9.17, 15) is 4.79 Å². The van der Waals surface area contributed by atoms with Crippen LogP contribution in [0.5, 0.6) is 5.75 Å². The van der Waals surface area contributed by atoms with E-state index < -0.39 is 6.09 Å². The second-order valence-electron chi connectivity index (χ2n) is 6.55. The highest BCUT2D eigenvalue weighted by Gasteiger charge is 2.16. The molecule has 0 aliphatic carbocycles. The molecule has 4 N–H and O–H groups in total. The molecule has 1 fully saturated rings. The number of carbonyl (C=O) groups is 1. The number of aromatic nitrogens is 1. The van der Waals surface area contributed by atoms with Gasteiger partial charge < -0.3 is 25.8 Å². The van der Waals surface area contributed by atoms with Gasteiger partial charge >= 0.3 is 6.09 Å². The number of hydrogen-bond acceptors (Lipinski definition) is 9. The first kappa shape index (κ1) is 20.5. The van der Waals surface area contributed by atoms with Gasteiger partial charge in [-0.1, -0.05) is 12.1 Å². The van der Waals surface area contributed by atoms with Gasteiger partial charge in [-0.3, -0.25) is 4.90 Å². The quantitative estimate of drug-likeness (QED) is 0.713. The largest absolute Gasteiger partial charge is 0.415 e. The molecule has 1 amide bonds. The van der Waals surface area contributed by atoms with Gasteiger partial charge in [0.25, 0.3) is 0 Å². The summed E-state index contributed by atoms with van der Waals surface area (Å²) in [5, 5.41) is 8.23. The van der Waals surface area contributed by atoms with Crippen molar-refractivity contribution in [3.05, 3.63) is 36.4 Å². The SMILES string of the molecule is CN(CCN1CCOCC1)C(=O)Oc1ccccc1/N=N/c1ccc(N)nc1N. The molecular formula is C19H25N7O3. The third-order valence-corrected chi connectivity index (χ3v) is 4.42. The van der Waals surface area contributed by atoms with Crippen molar-refractivity contribution in [3.63, 3.8) is 0 Å². The highest BCUT2D eigenvalue weighted by molar-refractivity contribution is 5.72. The van der Waals surface area contributed by atoms with Crippen LogP contribution in [-0.4, -0.2) is 67.3 Å². The summed E-state index contributed by atoms with van der Waals surface area (Å²) in [6.45, 7) is 4.50. The minimum absolute atomic E-state index is 0.172. The van der Waals surface area contributed by atoms with Gasteiger partial charge in [0.15, 0.2) is 11.6 Å². The Labute approximate surface area is 169 Å². The summed E-state index contributed by atoms with van der Waals surface area (Å²) < 4.78 is 10.8. The third kappa shape index (κ3) is 5.87. The molecule has 0 unspecified atom stereocenters. The normalized spacial score (nSPS) is 14.8. The van der Waals surface area contributed by atoms with E-state index in [-0.39, 0.29) is 5.82 Å². The number of nitrogens with two attached hydrogens (primary N) is 2. The van der Waals surface area contributed by atoms with E-state index in [1.807, 2.05) is 0 Å². The molecule has 0 saturated carbocycles. The zero-order chi connectivity index (χ0) is 20.6. The lowest BCUT2D eigenvalue weighted by molar-refractivity contribution is 0.0349. The number of para-hydroxylation sites is 1.